The topological polar surface area (TPSA) is 131 Å². The van der Waals surface area contributed by atoms with Crippen molar-refractivity contribution in [3.63, 3.8) is 0 Å². The Balaban J connectivity index is 2.24. The van der Waals surface area contributed by atoms with Crippen molar-refractivity contribution < 1.29 is 18.8 Å². The molecule has 1 aromatic heterocycles. The van der Waals surface area contributed by atoms with Gasteiger partial charge in [0.15, 0.2) is 11.5 Å². The summed E-state index contributed by atoms with van der Waals surface area (Å²) < 4.78 is 32.5. The number of aliphatic imine (C=N–C) groups is 1. The van der Waals surface area contributed by atoms with Crippen LogP contribution in [0.4, 0.5) is 15.9 Å². The third kappa shape index (κ3) is 5.01. The minimum atomic E-state index is -1.31. The molecule has 2 aromatic rings. The molecule has 0 spiro atoms. The second-order valence-electron chi connectivity index (χ2n) is 4.43. The summed E-state index contributed by atoms with van der Waals surface area (Å²) >= 11 is -1.31. The van der Waals surface area contributed by atoms with Crippen LogP contribution in [-0.4, -0.2) is 44.9 Å². The molecule has 130 valence electrons. The summed E-state index contributed by atoms with van der Waals surface area (Å²) in [4.78, 5) is 4.09. The molecule has 2 rings (SSSR count). The van der Waals surface area contributed by atoms with Gasteiger partial charge in [0.1, 0.15) is 12.1 Å². The Morgan fingerprint density at radius 2 is 2.36 bits per heavy atom. The minimum Gasteiger partial charge on any atom is -0.592 e. The fraction of sp³-hybridized carbons (Fsp3) is 0.143. The summed E-state index contributed by atoms with van der Waals surface area (Å²) in [7, 11) is 0. The van der Waals surface area contributed by atoms with Crippen molar-refractivity contribution in [3.8, 4) is 12.3 Å². The number of nitrogens with one attached hydrogen (secondary N) is 2. The van der Waals surface area contributed by atoms with E-state index in [1.807, 2.05) is 5.48 Å². The maximum atomic E-state index is 13.4. The van der Waals surface area contributed by atoms with E-state index in [0.717, 1.165) is 6.07 Å². The standard InChI is InChI=1S/C14H13FN6O3S/c1-3-9-8-10(4-5-11(9)15)18-14(19-22)12-13(21-24-20-12)16-6-7-17-25(2)23/h1,4-5,7-8,22H,6H2,2H3,(H,16,21)(H,18,19). The summed E-state index contributed by atoms with van der Waals surface area (Å²) in [5.41, 5.74) is 2.25. The lowest BCUT2D eigenvalue weighted by Gasteiger charge is -2.04. The van der Waals surface area contributed by atoms with Crippen LogP contribution in [0.5, 0.6) is 0 Å². The number of amidine groups is 1. The van der Waals surface area contributed by atoms with Crippen LogP contribution >= 0.6 is 0 Å². The summed E-state index contributed by atoms with van der Waals surface area (Å²) in [6, 6.07) is 3.86. The van der Waals surface area contributed by atoms with Gasteiger partial charge in [-0.2, -0.15) is 0 Å². The molecule has 0 aliphatic carbocycles. The molecule has 25 heavy (non-hydrogen) atoms. The lowest BCUT2D eigenvalue weighted by molar-refractivity contribution is 0.234. The number of terminal acetylenes is 1. The number of aromatic nitrogens is 2. The first kappa shape index (κ1) is 18.4. The Morgan fingerprint density at radius 1 is 1.56 bits per heavy atom. The van der Waals surface area contributed by atoms with E-state index in [0.29, 0.717) is 0 Å². The van der Waals surface area contributed by atoms with E-state index >= 15 is 0 Å². The zero-order chi connectivity index (χ0) is 18.2. The zero-order valence-electron chi connectivity index (χ0n) is 12.9. The van der Waals surface area contributed by atoms with E-state index in [9.17, 15) is 14.2 Å². The fourth-order valence-electron chi connectivity index (χ4n) is 1.70. The first-order chi connectivity index (χ1) is 12.0. The lowest BCUT2D eigenvalue weighted by atomic mass is 10.2. The van der Waals surface area contributed by atoms with Crippen molar-refractivity contribution in [1.82, 2.24) is 15.8 Å². The van der Waals surface area contributed by atoms with Crippen LogP contribution in [0.3, 0.4) is 0 Å². The van der Waals surface area contributed by atoms with Gasteiger partial charge < -0.3 is 9.87 Å². The molecule has 0 radical (unpaired) electrons. The predicted molar refractivity (Wildman–Crippen MR) is 90.8 cm³/mol. The number of benzene rings is 1. The highest BCUT2D eigenvalue weighted by Gasteiger charge is 2.16. The van der Waals surface area contributed by atoms with Gasteiger partial charge >= 0.3 is 0 Å². The minimum absolute atomic E-state index is 0.0268. The molecule has 1 unspecified atom stereocenters. The van der Waals surface area contributed by atoms with E-state index in [1.165, 1.54) is 24.6 Å². The average Bonchev–Trinajstić information content (AvgIpc) is 3.06. The highest BCUT2D eigenvalue weighted by Crippen LogP contribution is 2.19. The molecule has 0 fully saturated rings. The van der Waals surface area contributed by atoms with Crippen LogP contribution in [0.15, 0.2) is 32.2 Å². The van der Waals surface area contributed by atoms with Crippen LogP contribution in [0.1, 0.15) is 11.3 Å². The molecular formula is C14H13FN6O3S. The normalized spacial score (nSPS) is 12.8. The van der Waals surface area contributed by atoms with Gasteiger partial charge in [-0.15, -0.1) is 6.42 Å². The van der Waals surface area contributed by atoms with Gasteiger partial charge in [-0.05, 0) is 28.5 Å². The molecule has 9 nitrogen and oxygen atoms in total. The summed E-state index contributed by atoms with van der Waals surface area (Å²) in [6.45, 7) is 0.192. The first-order valence-corrected chi connectivity index (χ1v) is 8.24. The first-order valence-electron chi connectivity index (χ1n) is 6.73. The van der Waals surface area contributed by atoms with Crippen molar-refractivity contribution in [1.29, 1.82) is 0 Å². The number of nitrogens with zero attached hydrogens (tertiary/aromatic N) is 4. The Labute approximate surface area is 145 Å². The monoisotopic (exact) mass is 364 g/mol. The van der Waals surface area contributed by atoms with Crippen LogP contribution in [0.25, 0.3) is 0 Å². The van der Waals surface area contributed by atoms with Crippen LogP contribution < -0.4 is 10.8 Å². The van der Waals surface area contributed by atoms with Crippen molar-refractivity contribution >= 4 is 34.9 Å². The number of hydroxylamine groups is 1. The van der Waals surface area contributed by atoms with Gasteiger partial charge in [0.2, 0.25) is 5.82 Å². The van der Waals surface area contributed by atoms with Crippen molar-refractivity contribution in [3.05, 3.63) is 35.3 Å². The van der Waals surface area contributed by atoms with Crippen LogP contribution in [0.2, 0.25) is 0 Å². The Kier molecular flexibility index (Phi) is 6.47. The van der Waals surface area contributed by atoms with Gasteiger partial charge in [-0.25, -0.2) is 14.0 Å². The van der Waals surface area contributed by atoms with E-state index in [-0.39, 0.29) is 35.1 Å². The summed E-state index contributed by atoms with van der Waals surface area (Å²) in [5.74, 6) is 1.69. The lowest BCUT2D eigenvalue weighted by Crippen LogP contribution is -2.22. The molecular weight excluding hydrogens is 351 g/mol. The smallest absolute Gasteiger partial charge is 0.202 e. The maximum Gasteiger partial charge on any atom is 0.202 e. The Bertz CT molecular complexity index is 830. The summed E-state index contributed by atoms with van der Waals surface area (Å²) in [6.07, 6.45) is 8.02. The van der Waals surface area contributed by atoms with Gasteiger partial charge in [0, 0.05) is 0 Å². The zero-order valence-corrected chi connectivity index (χ0v) is 13.7. The van der Waals surface area contributed by atoms with Gasteiger partial charge in [0.05, 0.1) is 35.4 Å². The molecule has 0 bridgehead atoms. The molecule has 0 aliphatic rings. The molecule has 3 N–H and O–H groups in total. The van der Waals surface area contributed by atoms with Gasteiger partial charge in [0.25, 0.3) is 0 Å². The highest BCUT2D eigenvalue weighted by atomic mass is 32.2. The third-order valence-corrected chi connectivity index (χ3v) is 3.19. The largest absolute Gasteiger partial charge is 0.592 e. The molecule has 0 amide bonds. The van der Waals surface area contributed by atoms with Gasteiger partial charge in [-0.3, -0.25) is 10.7 Å². The number of halogens is 1. The maximum absolute atomic E-state index is 13.4. The third-order valence-electron chi connectivity index (χ3n) is 2.75. The second kappa shape index (κ2) is 8.78. The Morgan fingerprint density at radius 3 is 3.04 bits per heavy atom. The van der Waals surface area contributed by atoms with Gasteiger partial charge in [-0.1, -0.05) is 10.3 Å². The molecule has 1 aromatic carbocycles. The van der Waals surface area contributed by atoms with E-state index in [4.69, 9.17) is 6.42 Å². The fourth-order valence-corrected chi connectivity index (χ4v) is 1.98. The highest BCUT2D eigenvalue weighted by molar-refractivity contribution is 7.89. The number of anilines is 1. The average molecular weight is 364 g/mol. The second-order valence-corrected chi connectivity index (χ2v) is 5.49. The number of hydrogen-bond donors (Lipinski definition) is 3. The predicted octanol–water partition coefficient (Wildman–Crippen LogP) is 1.02. The van der Waals surface area contributed by atoms with E-state index in [2.05, 4.69) is 35.6 Å². The molecule has 1 atom stereocenters. The van der Waals surface area contributed by atoms with E-state index < -0.39 is 17.2 Å². The molecule has 11 heteroatoms. The van der Waals surface area contributed by atoms with Crippen molar-refractivity contribution in [2.24, 2.45) is 9.39 Å². The van der Waals surface area contributed by atoms with Crippen molar-refractivity contribution in [2.75, 3.05) is 18.1 Å². The summed E-state index contributed by atoms with van der Waals surface area (Å²) in [5, 5.41) is 19.4. The molecule has 0 saturated carbocycles. The SMILES string of the molecule is C#Cc1cc(N=C(NO)c2nonc2NCC=N[S+](C)[O-])ccc1F. The molecule has 1 heterocycles. The van der Waals surface area contributed by atoms with Crippen molar-refractivity contribution in [2.45, 2.75) is 0 Å². The molecule has 0 aliphatic heterocycles. The Hall–Kier alpha value is -2.94. The molecule has 0 saturated heterocycles. The quantitative estimate of drug-likeness (QED) is 0.229. The van der Waals surface area contributed by atoms with Crippen LogP contribution in [-0.2, 0) is 11.4 Å². The van der Waals surface area contributed by atoms with E-state index in [1.54, 1.807) is 0 Å². The number of rotatable bonds is 6. The number of hydrogen-bond acceptors (Lipinski definition) is 8. The van der Waals surface area contributed by atoms with Crippen LogP contribution in [0, 0.1) is 18.2 Å².